The van der Waals surface area contributed by atoms with Crippen LogP contribution < -0.4 is 15.4 Å². The number of carbonyl (C=O) groups is 1. The molecule has 24 heavy (non-hydrogen) atoms. The van der Waals surface area contributed by atoms with Crippen molar-refractivity contribution in [2.24, 2.45) is 0 Å². The number of carbonyl (C=O) groups excluding carboxylic acids is 1. The number of para-hydroxylation sites is 1. The topological polar surface area (TPSA) is 50.4 Å². The van der Waals surface area contributed by atoms with Gasteiger partial charge in [-0.3, -0.25) is 4.79 Å². The Morgan fingerprint density at radius 2 is 1.88 bits per heavy atom. The van der Waals surface area contributed by atoms with Gasteiger partial charge in [0.1, 0.15) is 5.75 Å². The molecule has 0 saturated carbocycles. The minimum Gasteiger partial charge on any atom is -0.495 e. The molecule has 0 atom stereocenters. The number of benzene rings is 2. The van der Waals surface area contributed by atoms with Gasteiger partial charge in [-0.25, -0.2) is 0 Å². The van der Waals surface area contributed by atoms with Gasteiger partial charge in [-0.2, -0.15) is 0 Å². The van der Waals surface area contributed by atoms with Gasteiger partial charge in [0, 0.05) is 11.4 Å². The van der Waals surface area contributed by atoms with Crippen LogP contribution in [0.1, 0.15) is 26.3 Å². The molecule has 0 saturated heterocycles. The molecule has 5 heteroatoms. The number of halogens is 1. The van der Waals surface area contributed by atoms with E-state index in [9.17, 15) is 4.79 Å². The molecule has 2 rings (SSSR count). The number of methoxy groups -OCH3 is 1. The van der Waals surface area contributed by atoms with Crippen molar-refractivity contribution in [3.8, 4) is 5.75 Å². The average Bonchev–Trinajstić information content (AvgIpc) is 2.52. The molecule has 0 aromatic heterocycles. The summed E-state index contributed by atoms with van der Waals surface area (Å²) in [7, 11) is 1.55. The Balaban J connectivity index is 2.01. The van der Waals surface area contributed by atoms with Crippen molar-refractivity contribution >= 4 is 28.9 Å². The minimum absolute atomic E-state index is 0.00355. The van der Waals surface area contributed by atoms with Gasteiger partial charge in [0.05, 0.1) is 18.7 Å². The van der Waals surface area contributed by atoms with Crippen molar-refractivity contribution in [2.75, 3.05) is 24.3 Å². The third-order valence-electron chi connectivity index (χ3n) is 3.61. The molecule has 2 N–H and O–H groups in total. The Morgan fingerprint density at radius 3 is 2.50 bits per heavy atom. The van der Waals surface area contributed by atoms with Crippen LogP contribution in [-0.2, 0) is 10.2 Å². The SMILES string of the molecule is COc1ccc(NC(=O)CNc2ccccc2C(C)(C)C)cc1Cl. The van der Waals surface area contributed by atoms with Crippen molar-refractivity contribution in [2.45, 2.75) is 26.2 Å². The zero-order valence-corrected chi connectivity index (χ0v) is 15.2. The van der Waals surface area contributed by atoms with E-state index in [0.29, 0.717) is 16.5 Å². The van der Waals surface area contributed by atoms with E-state index >= 15 is 0 Å². The van der Waals surface area contributed by atoms with E-state index in [1.165, 1.54) is 5.56 Å². The summed E-state index contributed by atoms with van der Waals surface area (Å²) in [6, 6.07) is 13.2. The summed E-state index contributed by atoms with van der Waals surface area (Å²) in [6.45, 7) is 6.61. The van der Waals surface area contributed by atoms with Gasteiger partial charge in [0.15, 0.2) is 0 Å². The lowest BCUT2D eigenvalue weighted by molar-refractivity contribution is -0.114. The van der Waals surface area contributed by atoms with Gasteiger partial charge in [-0.1, -0.05) is 50.6 Å². The molecule has 2 aromatic carbocycles. The van der Waals surface area contributed by atoms with Crippen LogP contribution in [-0.4, -0.2) is 19.6 Å². The van der Waals surface area contributed by atoms with Crippen LogP contribution in [0.2, 0.25) is 5.02 Å². The van der Waals surface area contributed by atoms with Gasteiger partial charge in [-0.15, -0.1) is 0 Å². The Kier molecular flexibility index (Phi) is 5.73. The average molecular weight is 347 g/mol. The van der Waals surface area contributed by atoms with E-state index in [-0.39, 0.29) is 17.9 Å². The van der Waals surface area contributed by atoms with Gasteiger partial charge >= 0.3 is 0 Å². The van der Waals surface area contributed by atoms with Crippen LogP contribution in [0.25, 0.3) is 0 Å². The second kappa shape index (κ2) is 7.58. The second-order valence-electron chi connectivity index (χ2n) is 6.55. The molecule has 0 heterocycles. The molecule has 0 spiro atoms. The first-order valence-electron chi connectivity index (χ1n) is 7.78. The third kappa shape index (κ3) is 4.65. The third-order valence-corrected chi connectivity index (χ3v) is 3.91. The summed E-state index contributed by atoms with van der Waals surface area (Å²) >= 11 is 6.06. The maximum absolute atomic E-state index is 12.2. The van der Waals surface area contributed by atoms with E-state index in [0.717, 1.165) is 5.69 Å². The first-order valence-corrected chi connectivity index (χ1v) is 8.16. The number of nitrogens with one attached hydrogen (secondary N) is 2. The van der Waals surface area contributed by atoms with E-state index in [4.69, 9.17) is 16.3 Å². The predicted octanol–water partition coefficient (Wildman–Crippen LogP) is 4.70. The van der Waals surface area contributed by atoms with Crippen LogP contribution in [0.3, 0.4) is 0 Å². The van der Waals surface area contributed by atoms with E-state index in [1.807, 2.05) is 18.2 Å². The van der Waals surface area contributed by atoms with Crippen LogP contribution in [0.5, 0.6) is 5.75 Å². The first kappa shape index (κ1) is 18.1. The van der Waals surface area contributed by atoms with Crippen molar-refractivity contribution in [3.05, 3.63) is 53.1 Å². The fourth-order valence-corrected chi connectivity index (χ4v) is 2.67. The largest absolute Gasteiger partial charge is 0.495 e. The van der Waals surface area contributed by atoms with Crippen molar-refractivity contribution in [3.63, 3.8) is 0 Å². The molecule has 0 aliphatic rings. The number of hydrogen-bond donors (Lipinski definition) is 2. The monoisotopic (exact) mass is 346 g/mol. The molecule has 1 amide bonds. The van der Waals surface area contributed by atoms with Crippen LogP contribution >= 0.6 is 11.6 Å². The highest BCUT2D eigenvalue weighted by Gasteiger charge is 2.17. The summed E-state index contributed by atoms with van der Waals surface area (Å²) < 4.78 is 5.10. The second-order valence-corrected chi connectivity index (χ2v) is 6.95. The minimum atomic E-state index is -0.139. The molecule has 128 valence electrons. The van der Waals surface area contributed by atoms with E-state index in [2.05, 4.69) is 37.5 Å². The van der Waals surface area contributed by atoms with Crippen molar-refractivity contribution < 1.29 is 9.53 Å². The normalized spacial score (nSPS) is 11.0. The maximum Gasteiger partial charge on any atom is 0.243 e. The number of hydrogen-bond acceptors (Lipinski definition) is 3. The number of ether oxygens (including phenoxy) is 1. The molecule has 0 aliphatic carbocycles. The standard InChI is InChI=1S/C19H23ClN2O2/c1-19(2,3)14-7-5-6-8-16(14)21-12-18(23)22-13-9-10-17(24-4)15(20)11-13/h5-11,21H,12H2,1-4H3,(H,22,23). The number of anilines is 2. The lowest BCUT2D eigenvalue weighted by Crippen LogP contribution is -2.23. The van der Waals surface area contributed by atoms with Crippen LogP contribution in [0, 0.1) is 0 Å². The smallest absolute Gasteiger partial charge is 0.243 e. The Hall–Kier alpha value is -2.20. The van der Waals surface area contributed by atoms with Crippen LogP contribution in [0.15, 0.2) is 42.5 Å². The number of rotatable bonds is 5. The molecule has 0 unspecified atom stereocenters. The molecule has 0 radical (unpaired) electrons. The molecular weight excluding hydrogens is 324 g/mol. The van der Waals surface area contributed by atoms with E-state index < -0.39 is 0 Å². The number of amides is 1. The molecular formula is C19H23ClN2O2. The van der Waals surface area contributed by atoms with Gasteiger partial charge in [0.2, 0.25) is 5.91 Å². The first-order chi connectivity index (χ1) is 11.3. The summed E-state index contributed by atoms with van der Waals surface area (Å²) in [5, 5.41) is 6.49. The van der Waals surface area contributed by atoms with Crippen molar-refractivity contribution in [1.82, 2.24) is 0 Å². The fourth-order valence-electron chi connectivity index (χ4n) is 2.42. The summed E-state index contributed by atoms with van der Waals surface area (Å²) in [6.07, 6.45) is 0. The zero-order chi connectivity index (χ0) is 17.7. The van der Waals surface area contributed by atoms with Crippen LogP contribution in [0.4, 0.5) is 11.4 Å². The van der Waals surface area contributed by atoms with Gasteiger partial charge in [0.25, 0.3) is 0 Å². The quantitative estimate of drug-likeness (QED) is 0.825. The summed E-state index contributed by atoms with van der Waals surface area (Å²) in [4.78, 5) is 12.2. The predicted molar refractivity (Wildman–Crippen MR) is 100 cm³/mol. The maximum atomic E-state index is 12.2. The Labute approximate surface area is 148 Å². The summed E-state index contributed by atoms with van der Waals surface area (Å²) in [5.74, 6) is 0.437. The molecule has 4 nitrogen and oxygen atoms in total. The Bertz CT molecular complexity index is 724. The van der Waals surface area contributed by atoms with Crippen molar-refractivity contribution in [1.29, 1.82) is 0 Å². The van der Waals surface area contributed by atoms with E-state index in [1.54, 1.807) is 25.3 Å². The molecule has 0 fully saturated rings. The zero-order valence-electron chi connectivity index (χ0n) is 14.4. The highest BCUT2D eigenvalue weighted by atomic mass is 35.5. The fraction of sp³-hybridized carbons (Fsp3) is 0.316. The van der Waals surface area contributed by atoms with Gasteiger partial charge < -0.3 is 15.4 Å². The molecule has 0 bridgehead atoms. The highest BCUT2D eigenvalue weighted by molar-refractivity contribution is 6.32. The summed E-state index contributed by atoms with van der Waals surface area (Å²) in [5.41, 5.74) is 2.78. The molecule has 2 aromatic rings. The lowest BCUT2D eigenvalue weighted by Gasteiger charge is -2.23. The molecule has 0 aliphatic heterocycles. The lowest BCUT2D eigenvalue weighted by atomic mass is 9.86. The Morgan fingerprint density at radius 1 is 1.17 bits per heavy atom. The van der Waals surface area contributed by atoms with Gasteiger partial charge in [-0.05, 0) is 35.2 Å². The highest BCUT2D eigenvalue weighted by Crippen LogP contribution is 2.29.